The zero-order chi connectivity index (χ0) is 19.0. The van der Waals surface area contributed by atoms with E-state index in [1.54, 1.807) is 31.4 Å². The number of pyridine rings is 1. The van der Waals surface area contributed by atoms with Gasteiger partial charge in [0.05, 0.1) is 12.8 Å². The topological polar surface area (TPSA) is 79.9 Å². The van der Waals surface area contributed by atoms with E-state index in [-0.39, 0.29) is 16.4 Å². The summed E-state index contributed by atoms with van der Waals surface area (Å²) < 4.78 is 6.52. The van der Waals surface area contributed by atoms with Gasteiger partial charge in [0.2, 0.25) is 0 Å². The molecule has 6 nitrogen and oxygen atoms in total. The van der Waals surface area contributed by atoms with Crippen molar-refractivity contribution in [3.63, 3.8) is 0 Å². The first-order valence-corrected chi connectivity index (χ1v) is 8.63. The molecule has 0 fully saturated rings. The van der Waals surface area contributed by atoms with E-state index in [2.05, 4.69) is 10.1 Å². The van der Waals surface area contributed by atoms with Crippen LogP contribution in [0.25, 0.3) is 16.7 Å². The predicted octanol–water partition coefficient (Wildman–Crippen LogP) is 2.91. The maximum Gasteiger partial charge on any atom is 0.284 e. The Hall–Kier alpha value is -3.54. The second-order valence-electron chi connectivity index (χ2n) is 6.42. The van der Waals surface area contributed by atoms with Crippen LogP contribution in [0.4, 0.5) is 0 Å². The highest BCUT2D eigenvalue weighted by Crippen LogP contribution is 2.16. The molecule has 4 aromatic rings. The molecule has 2 N–H and O–H groups in total. The minimum absolute atomic E-state index is 0.141. The number of H-pyrrole nitrogens is 2. The van der Waals surface area contributed by atoms with Gasteiger partial charge in [-0.2, -0.15) is 0 Å². The van der Waals surface area contributed by atoms with Crippen LogP contribution in [-0.4, -0.2) is 21.9 Å². The van der Waals surface area contributed by atoms with Crippen LogP contribution in [0.1, 0.15) is 16.8 Å². The van der Waals surface area contributed by atoms with Crippen molar-refractivity contribution in [2.45, 2.75) is 13.3 Å². The summed E-state index contributed by atoms with van der Waals surface area (Å²) in [5, 5.41) is 3.14. The number of rotatable bonds is 4. The smallest absolute Gasteiger partial charge is 0.284 e. The highest BCUT2D eigenvalue weighted by atomic mass is 16.5. The molecule has 0 saturated carbocycles. The number of methoxy groups -OCH3 is 1. The van der Waals surface area contributed by atoms with Crippen LogP contribution in [0.15, 0.2) is 64.2 Å². The van der Waals surface area contributed by atoms with Gasteiger partial charge < -0.3 is 9.72 Å². The number of nitrogens with one attached hydrogen (secondary N) is 2. The molecule has 0 aliphatic heterocycles. The molecule has 2 aromatic carbocycles. The molecule has 0 radical (unpaired) electrons. The molecule has 0 aliphatic rings. The average Bonchev–Trinajstić information content (AvgIpc) is 3.02. The van der Waals surface area contributed by atoms with Crippen molar-refractivity contribution in [2.24, 2.45) is 0 Å². The number of aromatic amines is 2. The van der Waals surface area contributed by atoms with Gasteiger partial charge in [0.25, 0.3) is 5.56 Å². The molecule has 0 saturated heterocycles. The molecule has 2 heterocycles. The highest BCUT2D eigenvalue weighted by Gasteiger charge is 2.17. The van der Waals surface area contributed by atoms with Gasteiger partial charge in [-0.1, -0.05) is 30.3 Å². The van der Waals surface area contributed by atoms with Gasteiger partial charge in [0.1, 0.15) is 16.8 Å². The van der Waals surface area contributed by atoms with Crippen LogP contribution in [0.3, 0.4) is 0 Å². The number of fused-ring (bicyclic) bond motifs is 1. The summed E-state index contributed by atoms with van der Waals surface area (Å²) in [7, 11) is 1.58. The predicted molar refractivity (Wildman–Crippen MR) is 105 cm³/mol. The van der Waals surface area contributed by atoms with E-state index in [1.165, 1.54) is 4.68 Å². The molecule has 0 unspecified atom stereocenters. The summed E-state index contributed by atoms with van der Waals surface area (Å²) >= 11 is 0. The maximum atomic E-state index is 13.0. The lowest BCUT2D eigenvalue weighted by Gasteiger charge is -2.05. The van der Waals surface area contributed by atoms with Crippen LogP contribution in [0.5, 0.6) is 5.75 Å². The first kappa shape index (κ1) is 16.9. The van der Waals surface area contributed by atoms with Crippen LogP contribution in [0, 0.1) is 6.92 Å². The molecule has 0 amide bonds. The number of nitrogens with zero attached hydrogens (tertiary/aromatic N) is 1. The summed E-state index contributed by atoms with van der Waals surface area (Å²) in [6, 6.07) is 16.8. The summed E-state index contributed by atoms with van der Waals surface area (Å²) in [4.78, 5) is 29.1. The van der Waals surface area contributed by atoms with Crippen molar-refractivity contribution in [3.8, 4) is 11.4 Å². The van der Waals surface area contributed by atoms with E-state index in [0.717, 1.165) is 11.3 Å². The van der Waals surface area contributed by atoms with E-state index in [9.17, 15) is 9.59 Å². The molecule has 6 heteroatoms. The Morgan fingerprint density at radius 3 is 2.37 bits per heavy atom. The summed E-state index contributed by atoms with van der Waals surface area (Å²) in [6.45, 7) is 1.85. The zero-order valence-electron chi connectivity index (χ0n) is 15.1. The third kappa shape index (κ3) is 2.95. The Labute approximate surface area is 155 Å². The molecular formula is C21H19N3O3. The number of hydrogen-bond acceptors (Lipinski definition) is 3. The number of aromatic nitrogens is 3. The fourth-order valence-corrected chi connectivity index (χ4v) is 3.25. The van der Waals surface area contributed by atoms with E-state index >= 15 is 0 Å². The van der Waals surface area contributed by atoms with Gasteiger partial charge >= 0.3 is 0 Å². The van der Waals surface area contributed by atoms with Crippen LogP contribution in [-0.2, 0) is 6.42 Å². The first-order chi connectivity index (χ1) is 13.1. The van der Waals surface area contributed by atoms with Gasteiger partial charge in [-0.25, -0.2) is 4.68 Å². The third-order valence-corrected chi connectivity index (χ3v) is 4.71. The van der Waals surface area contributed by atoms with E-state index in [0.29, 0.717) is 29.1 Å². The Kier molecular flexibility index (Phi) is 4.16. The molecule has 27 heavy (non-hydrogen) atoms. The van der Waals surface area contributed by atoms with Gasteiger partial charge in [-0.15, -0.1) is 0 Å². The molecule has 136 valence electrons. The minimum atomic E-state index is -0.370. The van der Waals surface area contributed by atoms with Crippen molar-refractivity contribution < 1.29 is 4.74 Å². The van der Waals surface area contributed by atoms with Crippen LogP contribution >= 0.6 is 0 Å². The largest absolute Gasteiger partial charge is 0.497 e. The lowest BCUT2D eigenvalue weighted by atomic mass is 10.0. The monoisotopic (exact) mass is 361 g/mol. The molecule has 0 spiro atoms. The number of ether oxygens (including phenoxy) is 1. The van der Waals surface area contributed by atoms with Gasteiger partial charge in [0.15, 0.2) is 5.43 Å². The Morgan fingerprint density at radius 2 is 1.70 bits per heavy atom. The summed E-state index contributed by atoms with van der Waals surface area (Å²) in [5.74, 6) is 0.694. The van der Waals surface area contributed by atoms with Crippen LogP contribution < -0.4 is 15.7 Å². The standard InChI is InChI=1S/C21H19N3O3/c1-13-17(12-14-6-4-3-5-7-14)19(25)18-20(22-13)23-24(21(18)26)15-8-10-16(27-2)11-9-15/h3-11H,12H2,1-2H3,(H2,22,23,25). The second-order valence-corrected chi connectivity index (χ2v) is 6.42. The summed E-state index contributed by atoms with van der Waals surface area (Å²) in [6.07, 6.45) is 0.477. The quantitative estimate of drug-likeness (QED) is 0.586. The second kappa shape index (κ2) is 6.64. The summed E-state index contributed by atoms with van der Waals surface area (Å²) in [5.41, 5.74) is 2.83. The fourth-order valence-electron chi connectivity index (χ4n) is 3.25. The van der Waals surface area contributed by atoms with E-state index < -0.39 is 0 Å². The van der Waals surface area contributed by atoms with Crippen molar-refractivity contribution in [1.82, 2.24) is 14.8 Å². The zero-order valence-corrected chi connectivity index (χ0v) is 15.1. The first-order valence-electron chi connectivity index (χ1n) is 8.63. The normalized spacial score (nSPS) is 11.0. The van der Waals surface area contributed by atoms with E-state index in [4.69, 9.17) is 4.74 Å². The highest BCUT2D eigenvalue weighted by molar-refractivity contribution is 5.75. The Balaban J connectivity index is 1.86. The Bertz CT molecular complexity index is 1220. The lowest BCUT2D eigenvalue weighted by molar-refractivity contribution is 0.414. The number of hydrogen-bond donors (Lipinski definition) is 2. The maximum absolute atomic E-state index is 13.0. The van der Waals surface area contributed by atoms with Gasteiger partial charge in [0, 0.05) is 17.7 Å². The molecule has 4 rings (SSSR count). The van der Waals surface area contributed by atoms with Gasteiger partial charge in [-0.3, -0.25) is 14.7 Å². The minimum Gasteiger partial charge on any atom is -0.497 e. The fraction of sp³-hybridized carbons (Fsp3) is 0.143. The van der Waals surface area contributed by atoms with E-state index in [1.807, 2.05) is 37.3 Å². The molecule has 0 atom stereocenters. The lowest BCUT2D eigenvalue weighted by Crippen LogP contribution is -2.21. The molecule has 0 aliphatic carbocycles. The number of benzene rings is 2. The molecule has 2 aromatic heterocycles. The van der Waals surface area contributed by atoms with Crippen molar-refractivity contribution in [3.05, 3.63) is 92.0 Å². The van der Waals surface area contributed by atoms with Crippen molar-refractivity contribution >= 4 is 11.0 Å². The molecule has 0 bridgehead atoms. The molecular weight excluding hydrogens is 342 g/mol. The Morgan fingerprint density at radius 1 is 1.00 bits per heavy atom. The van der Waals surface area contributed by atoms with Crippen molar-refractivity contribution in [1.29, 1.82) is 0 Å². The van der Waals surface area contributed by atoms with Gasteiger partial charge in [-0.05, 0) is 36.8 Å². The SMILES string of the molecule is COc1ccc(-n2[nH]c3[nH]c(C)c(Cc4ccccc4)c(=O)c3c2=O)cc1. The third-order valence-electron chi connectivity index (χ3n) is 4.71. The number of aryl methyl sites for hydroxylation is 1. The average molecular weight is 361 g/mol. The van der Waals surface area contributed by atoms with Crippen molar-refractivity contribution in [2.75, 3.05) is 7.11 Å². The van der Waals surface area contributed by atoms with Crippen LogP contribution in [0.2, 0.25) is 0 Å².